The standard InChI is InChI=1S/C8H11N5O2/c9-3-5-4-13(12-11-5)6-1-2-7(14)10-8(6)15/h4,6H,1-3,9H2,(H,10,14,15). The smallest absolute Gasteiger partial charge is 0.251 e. The molecule has 1 fully saturated rings. The van der Waals surface area contributed by atoms with Crippen LogP contribution in [0.1, 0.15) is 24.6 Å². The lowest BCUT2D eigenvalue weighted by Crippen LogP contribution is -2.41. The minimum absolute atomic E-state index is 0.240. The Hall–Kier alpha value is -1.76. The van der Waals surface area contributed by atoms with E-state index in [2.05, 4.69) is 15.6 Å². The van der Waals surface area contributed by atoms with E-state index < -0.39 is 6.04 Å². The summed E-state index contributed by atoms with van der Waals surface area (Å²) in [6.45, 7) is 0.285. The van der Waals surface area contributed by atoms with Gasteiger partial charge in [0, 0.05) is 13.0 Å². The van der Waals surface area contributed by atoms with Crippen molar-refractivity contribution in [3.05, 3.63) is 11.9 Å². The van der Waals surface area contributed by atoms with Gasteiger partial charge in [-0.15, -0.1) is 5.10 Å². The zero-order chi connectivity index (χ0) is 10.8. The van der Waals surface area contributed by atoms with Crippen LogP contribution >= 0.6 is 0 Å². The Labute approximate surface area is 85.6 Å². The first-order chi connectivity index (χ1) is 7.20. The van der Waals surface area contributed by atoms with E-state index in [1.165, 1.54) is 4.68 Å². The molecule has 0 aliphatic carbocycles. The second-order valence-corrected chi connectivity index (χ2v) is 3.36. The number of aromatic nitrogens is 3. The maximum Gasteiger partial charge on any atom is 0.251 e. The average Bonchev–Trinajstić information content (AvgIpc) is 2.66. The number of rotatable bonds is 2. The summed E-state index contributed by atoms with van der Waals surface area (Å²) in [7, 11) is 0. The van der Waals surface area contributed by atoms with Gasteiger partial charge >= 0.3 is 0 Å². The molecule has 80 valence electrons. The highest BCUT2D eigenvalue weighted by Crippen LogP contribution is 2.16. The van der Waals surface area contributed by atoms with Crippen molar-refractivity contribution in [1.29, 1.82) is 0 Å². The number of carbonyl (C=O) groups is 2. The summed E-state index contributed by atoms with van der Waals surface area (Å²) in [5.41, 5.74) is 6.00. The second kappa shape index (κ2) is 3.77. The Morgan fingerprint density at radius 1 is 1.60 bits per heavy atom. The van der Waals surface area contributed by atoms with E-state index in [0.717, 1.165) is 0 Å². The van der Waals surface area contributed by atoms with Crippen molar-refractivity contribution in [1.82, 2.24) is 20.3 Å². The fourth-order valence-corrected chi connectivity index (χ4v) is 1.49. The number of carbonyl (C=O) groups excluding carboxylic acids is 2. The van der Waals surface area contributed by atoms with Gasteiger partial charge in [0.15, 0.2) is 0 Å². The second-order valence-electron chi connectivity index (χ2n) is 3.36. The van der Waals surface area contributed by atoms with Gasteiger partial charge in [-0.1, -0.05) is 5.21 Å². The number of hydrogen-bond donors (Lipinski definition) is 2. The van der Waals surface area contributed by atoms with Crippen molar-refractivity contribution in [3.63, 3.8) is 0 Å². The van der Waals surface area contributed by atoms with Crippen LogP contribution in [-0.4, -0.2) is 26.8 Å². The highest BCUT2D eigenvalue weighted by Gasteiger charge is 2.28. The Kier molecular flexibility index (Phi) is 2.46. The van der Waals surface area contributed by atoms with E-state index in [-0.39, 0.29) is 18.4 Å². The molecule has 1 unspecified atom stereocenters. The molecule has 0 spiro atoms. The predicted molar refractivity (Wildman–Crippen MR) is 49.3 cm³/mol. The van der Waals surface area contributed by atoms with Gasteiger partial charge in [0.05, 0.1) is 11.9 Å². The van der Waals surface area contributed by atoms with Crippen LogP contribution in [0.25, 0.3) is 0 Å². The van der Waals surface area contributed by atoms with Gasteiger partial charge in [0.1, 0.15) is 6.04 Å². The number of nitrogens with zero attached hydrogens (tertiary/aromatic N) is 3. The number of nitrogens with two attached hydrogens (primary N) is 1. The van der Waals surface area contributed by atoms with E-state index in [0.29, 0.717) is 18.5 Å². The molecule has 3 N–H and O–H groups in total. The number of imide groups is 1. The third-order valence-electron chi connectivity index (χ3n) is 2.30. The normalized spacial score (nSPS) is 21.5. The molecule has 1 aromatic heterocycles. The van der Waals surface area contributed by atoms with Crippen LogP contribution in [-0.2, 0) is 16.1 Å². The monoisotopic (exact) mass is 209 g/mol. The summed E-state index contributed by atoms with van der Waals surface area (Å²) in [6, 6.07) is -0.449. The molecule has 1 aliphatic rings. The molecule has 1 aromatic rings. The van der Waals surface area contributed by atoms with Crippen molar-refractivity contribution >= 4 is 11.8 Å². The SMILES string of the molecule is NCc1cn(C2CCC(=O)NC2=O)nn1. The summed E-state index contributed by atoms with van der Waals surface area (Å²) < 4.78 is 1.45. The quantitative estimate of drug-likeness (QED) is 0.590. The fraction of sp³-hybridized carbons (Fsp3) is 0.500. The maximum absolute atomic E-state index is 11.5. The van der Waals surface area contributed by atoms with E-state index in [1.54, 1.807) is 6.20 Å². The van der Waals surface area contributed by atoms with E-state index in [4.69, 9.17) is 5.73 Å². The minimum atomic E-state index is -0.449. The Bertz CT molecular complexity index is 399. The van der Waals surface area contributed by atoms with Crippen molar-refractivity contribution in [2.75, 3.05) is 0 Å². The molecule has 0 saturated carbocycles. The Balaban J connectivity index is 2.16. The molecule has 0 aromatic carbocycles. The molecule has 0 bridgehead atoms. The lowest BCUT2D eigenvalue weighted by atomic mass is 10.1. The molecule has 2 rings (SSSR count). The molecule has 15 heavy (non-hydrogen) atoms. The molecule has 1 atom stereocenters. The van der Waals surface area contributed by atoms with Crippen LogP contribution in [0.2, 0.25) is 0 Å². The van der Waals surface area contributed by atoms with Gasteiger partial charge in [-0.25, -0.2) is 4.68 Å². The number of hydrogen-bond acceptors (Lipinski definition) is 5. The van der Waals surface area contributed by atoms with Gasteiger partial charge < -0.3 is 5.73 Å². The molecule has 7 heteroatoms. The minimum Gasteiger partial charge on any atom is -0.325 e. The molecule has 2 heterocycles. The first-order valence-corrected chi connectivity index (χ1v) is 4.65. The highest BCUT2D eigenvalue weighted by atomic mass is 16.2. The van der Waals surface area contributed by atoms with E-state index >= 15 is 0 Å². The molecule has 7 nitrogen and oxygen atoms in total. The van der Waals surface area contributed by atoms with Gasteiger partial charge in [0.2, 0.25) is 5.91 Å². The van der Waals surface area contributed by atoms with Crippen LogP contribution in [0, 0.1) is 0 Å². The van der Waals surface area contributed by atoms with Crippen LogP contribution in [0.15, 0.2) is 6.20 Å². The van der Waals surface area contributed by atoms with Crippen molar-refractivity contribution in [2.45, 2.75) is 25.4 Å². The fourth-order valence-electron chi connectivity index (χ4n) is 1.49. The topological polar surface area (TPSA) is 103 Å². The predicted octanol–water partition coefficient (Wildman–Crippen LogP) is -1.29. The first-order valence-electron chi connectivity index (χ1n) is 4.65. The van der Waals surface area contributed by atoms with Crippen molar-refractivity contribution in [2.24, 2.45) is 5.73 Å². The van der Waals surface area contributed by atoms with Crippen molar-refractivity contribution < 1.29 is 9.59 Å². The summed E-state index contributed by atoms with van der Waals surface area (Å²) in [6.07, 6.45) is 2.41. The Morgan fingerprint density at radius 3 is 3.00 bits per heavy atom. The molecule has 1 saturated heterocycles. The number of piperidine rings is 1. The summed E-state index contributed by atoms with van der Waals surface area (Å²) in [4.78, 5) is 22.4. The van der Waals surface area contributed by atoms with Gasteiger partial charge in [0.25, 0.3) is 5.91 Å². The van der Waals surface area contributed by atoms with Gasteiger partial charge in [-0.05, 0) is 6.42 Å². The summed E-state index contributed by atoms with van der Waals surface area (Å²) >= 11 is 0. The third kappa shape index (κ3) is 1.86. The van der Waals surface area contributed by atoms with Crippen LogP contribution in [0.4, 0.5) is 0 Å². The average molecular weight is 209 g/mol. The van der Waals surface area contributed by atoms with Crippen LogP contribution in [0.3, 0.4) is 0 Å². The molecule has 0 radical (unpaired) electrons. The lowest BCUT2D eigenvalue weighted by Gasteiger charge is -2.20. The highest BCUT2D eigenvalue weighted by molar-refractivity contribution is 5.99. The van der Waals surface area contributed by atoms with Crippen LogP contribution in [0.5, 0.6) is 0 Å². The third-order valence-corrected chi connectivity index (χ3v) is 2.30. The van der Waals surface area contributed by atoms with Gasteiger partial charge in [-0.2, -0.15) is 0 Å². The van der Waals surface area contributed by atoms with Gasteiger partial charge in [-0.3, -0.25) is 14.9 Å². The zero-order valence-electron chi connectivity index (χ0n) is 8.01. The zero-order valence-corrected chi connectivity index (χ0v) is 8.01. The van der Waals surface area contributed by atoms with E-state index in [9.17, 15) is 9.59 Å². The largest absolute Gasteiger partial charge is 0.325 e. The van der Waals surface area contributed by atoms with Crippen molar-refractivity contribution in [3.8, 4) is 0 Å². The Morgan fingerprint density at radius 2 is 2.40 bits per heavy atom. The number of amides is 2. The number of nitrogens with one attached hydrogen (secondary N) is 1. The van der Waals surface area contributed by atoms with Crippen LogP contribution < -0.4 is 11.1 Å². The molecule has 2 amide bonds. The first kappa shape index (κ1) is 9.78. The maximum atomic E-state index is 11.5. The molecular formula is C8H11N5O2. The summed E-state index contributed by atoms with van der Waals surface area (Å²) in [5, 5.41) is 9.84. The van der Waals surface area contributed by atoms with E-state index in [1.807, 2.05) is 0 Å². The summed E-state index contributed by atoms with van der Waals surface area (Å²) in [5.74, 6) is -0.574. The molecular weight excluding hydrogens is 198 g/mol. The lowest BCUT2D eigenvalue weighted by molar-refractivity contribution is -0.136. The molecule has 1 aliphatic heterocycles.